The van der Waals surface area contributed by atoms with E-state index in [1.54, 1.807) is 17.0 Å². The zero-order valence-electron chi connectivity index (χ0n) is 16.9. The Bertz CT molecular complexity index is 704. The van der Waals surface area contributed by atoms with Crippen LogP contribution in [-0.4, -0.2) is 78.8 Å². The number of anilines is 1. The van der Waals surface area contributed by atoms with Gasteiger partial charge in [0.2, 0.25) is 11.8 Å². The van der Waals surface area contributed by atoms with Crippen LogP contribution in [0.15, 0.2) is 24.3 Å². The predicted octanol–water partition coefficient (Wildman–Crippen LogP) is 1.48. The van der Waals surface area contributed by atoms with Crippen LogP contribution in [0.5, 0.6) is 0 Å². The summed E-state index contributed by atoms with van der Waals surface area (Å²) in [7, 11) is 0. The molecular weight excluding hydrogens is 377 g/mol. The highest BCUT2D eigenvalue weighted by Gasteiger charge is 2.43. The normalized spacial score (nSPS) is 21.3. The number of piperidine rings is 2. The summed E-state index contributed by atoms with van der Waals surface area (Å²) >= 11 is 0. The number of nitrogens with zero attached hydrogens (tertiary/aromatic N) is 2. The molecule has 160 valence electrons. The fraction of sp³-hybridized carbons (Fsp3) is 0.619. The summed E-state index contributed by atoms with van der Waals surface area (Å²) < 4.78 is 18.2. The van der Waals surface area contributed by atoms with Gasteiger partial charge in [-0.1, -0.05) is 0 Å². The Morgan fingerprint density at radius 3 is 2.55 bits per heavy atom. The van der Waals surface area contributed by atoms with Crippen molar-refractivity contribution in [2.45, 2.75) is 32.3 Å². The molecule has 7 nitrogen and oxygen atoms in total. The molecule has 8 heteroatoms. The molecule has 2 saturated heterocycles. The lowest BCUT2D eigenvalue weighted by Crippen LogP contribution is -2.56. The first kappa shape index (κ1) is 21.5. The van der Waals surface area contributed by atoms with Crippen LogP contribution in [0.4, 0.5) is 10.1 Å². The average Bonchev–Trinajstić information content (AvgIpc) is 2.71. The van der Waals surface area contributed by atoms with Gasteiger partial charge >= 0.3 is 0 Å². The molecule has 2 amide bonds. The van der Waals surface area contributed by atoms with Crippen molar-refractivity contribution in [2.75, 3.05) is 51.3 Å². The molecule has 2 aliphatic heterocycles. The summed E-state index contributed by atoms with van der Waals surface area (Å²) in [5.74, 6) is -0.413. The molecule has 2 N–H and O–H groups in total. The number of aliphatic hydroxyl groups excluding tert-OH is 1. The van der Waals surface area contributed by atoms with E-state index in [0.717, 1.165) is 12.8 Å². The van der Waals surface area contributed by atoms with Crippen LogP contribution < -0.4 is 5.32 Å². The molecule has 0 aliphatic carbocycles. The molecule has 0 radical (unpaired) electrons. The van der Waals surface area contributed by atoms with Gasteiger partial charge in [0.15, 0.2) is 0 Å². The van der Waals surface area contributed by atoms with E-state index in [2.05, 4.69) is 5.32 Å². The third-order valence-electron chi connectivity index (χ3n) is 5.87. The monoisotopic (exact) mass is 407 g/mol. The second-order valence-electron chi connectivity index (χ2n) is 8.01. The lowest BCUT2D eigenvalue weighted by atomic mass is 9.71. The quantitative estimate of drug-likeness (QED) is 0.747. The van der Waals surface area contributed by atoms with Gasteiger partial charge in [-0.15, -0.1) is 0 Å². The molecule has 0 saturated carbocycles. The Kier molecular flexibility index (Phi) is 7.08. The first-order chi connectivity index (χ1) is 13.9. The van der Waals surface area contributed by atoms with Gasteiger partial charge in [-0.25, -0.2) is 4.39 Å². The number of rotatable bonds is 6. The molecule has 2 fully saturated rings. The molecule has 3 rings (SSSR count). The van der Waals surface area contributed by atoms with Crippen LogP contribution in [0, 0.1) is 11.2 Å². The Balaban J connectivity index is 1.50. The summed E-state index contributed by atoms with van der Waals surface area (Å²) in [6.07, 6.45) is 1.62. The van der Waals surface area contributed by atoms with Gasteiger partial charge in [-0.2, -0.15) is 0 Å². The van der Waals surface area contributed by atoms with Gasteiger partial charge in [0.05, 0.1) is 12.6 Å². The average molecular weight is 407 g/mol. The molecule has 1 atom stereocenters. The van der Waals surface area contributed by atoms with Crippen molar-refractivity contribution in [1.82, 2.24) is 9.80 Å². The number of hydrogen-bond donors (Lipinski definition) is 2. The molecular formula is C21H30FN3O4. The second-order valence-corrected chi connectivity index (χ2v) is 8.01. The minimum atomic E-state index is -0.545. The summed E-state index contributed by atoms with van der Waals surface area (Å²) in [5, 5.41) is 13.3. The van der Waals surface area contributed by atoms with E-state index >= 15 is 0 Å². The van der Waals surface area contributed by atoms with Crippen molar-refractivity contribution in [3.05, 3.63) is 30.1 Å². The van der Waals surface area contributed by atoms with Gasteiger partial charge in [0.25, 0.3) is 0 Å². The number of ether oxygens (including phenoxy) is 1. The largest absolute Gasteiger partial charge is 0.391 e. The second kappa shape index (κ2) is 9.54. The smallest absolute Gasteiger partial charge is 0.248 e. The number of amides is 2. The summed E-state index contributed by atoms with van der Waals surface area (Å²) in [5.41, 5.74) is 0.549. The van der Waals surface area contributed by atoms with Crippen molar-refractivity contribution in [1.29, 1.82) is 0 Å². The van der Waals surface area contributed by atoms with Crippen LogP contribution in [0.25, 0.3) is 0 Å². The van der Waals surface area contributed by atoms with Crippen LogP contribution >= 0.6 is 0 Å². The number of carbonyl (C=O) groups is 2. The lowest BCUT2D eigenvalue weighted by molar-refractivity contribution is -0.147. The molecule has 1 unspecified atom stereocenters. The lowest BCUT2D eigenvalue weighted by Gasteiger charge is -2.49. The number of hydrogen-bond acceptors (Lipinski definition) is 5. The van der Waals surface area contributed by atoms with Crippen molar-refractivity contribution >= 4 is 17.5 Å². The van der Waals surface area contributed by atoms with E-state index in [4.69, 9.17) is 4.74 Å². The molecule has 2 aliphatic rings. The predicted molar refractivity (Wildman–Crippen MR) is 107 cm³/mol. The summed E-state index contributed by atoms with van der Waals surface area (Å²) in [6.45, 7) is 4.67. The molecule has 29 heavy (non-hydrogen) atoms. The zero-order valence-corrected chi connectivity index (χ0v) is 16.9. The maximum Gasteiger partial charge on any atom is 0.248 e. The molecule has 1 spiro atoms. The number of nitrogens with one attached hydrogen (secondary N) is 1. The summed E-state index contributed by atoms with van der Waals surface area (Å²) in [6, 6.07) is 5.91. The number of benzene rings is 1. The van der Waals surface area contributed by atoms with Gasteiger partial charge in [-0.05, 0) is 55.9 Å². The molecule has 1 aromatic carbocycles. The number of β-amino-alcohol motifs (C(OH)–C–C–N with tert-alkyl or cyclic N) is 1. The third-order valence-corrected chi connectivity index (χ3v) is 5.87. The zero-order chi connectivity index (χ0) is 20.9. The first-order valence-corrected chi connectivity index (χ1v) is 10.2. The Morgan fingerprint density at radius 1 is 1.21 bits per heavy atom. The highest BCUT2D eigenvalue weighted by Crippen LogP contribution is 2.40. The minimum Gasteiger partial charge on any atom is -0.391 e. The van der Waals surface area contributed by atoms with Gasteiger partial charge in [-0.3, -0.25) is 9.59 Å². The van der Waals surface area contributed by atoms with Crippen molar-refractivity contribution in [3.8, 4) is 0 Å². The Labute approximate surface area is 170 Å². The number of likely N-dealkylation sites (tertiary alicyclic amines) is 2. The van der Waals surface area contributed by atoms with Gasteiger partial charge in [0.1, 0.15) is 12.4 Å². The van der Waals surface area contributed by atoms with Crippen LogP contribution in [0.1, 0.15) is 26.2 Å². The minimum absolute atomic E-state index is 0.00943. The summed E-state index contributed by atoms with van der Waals surface area (Å²) in [4.78, 5) is 28.4. The van der Waals surface area contributed by atoms with Gasteiger partial charge in [0, 0.05) is 38.5 Å². The number of aliphatic hydroxyl groups is 1. The molecule has 2 heterocycles. The molecule has 0 aromatic heterocycles. The van der Waals surface area contributed by atoms with E-state index in [1.165, 1.54) is 12.1 Å². The van der Waals surface area contributed by atoms with Crippen LogP contribution in [-0.2, 0) is 14.3 Å². The van der Waals surface area contributed by atoms with E-state index < -0.39 is 6.10 Å². The van der Waals surface area contributed by atoms with Crippen molar-refractivity contribution in [2.24, 2.45) is 5.41 Å². The molecule has 0 bridgehead atoms. The van der Waals surface area contributed by atoms with Gasteiger partial charge < -0.3 is 25.0 Å². The van der Waals surface area contributed by atoms with E-state index in [-0.39, 0.29) is 36.2 Å². The first-order valence-electron chi connectivity index (χ1n) is 10.2. The van der Waals surface area contributed by atoms with Crippen molar-refractivity contribution < 1.29 is 23.8 Å². The highest BCUT2D eigenvalue weighted by atomic mass is 19.1. The SMILES string of the molecule is CCOCC(=O)N1CC(O)CC2(CCN(C(=O)CNc3ccc(F)cc3)CC2)C1. The number of carbonyl (C=O) groups excluding carboxylic acids is 2. The Hall–Kier alpha value is -2.19. The highest BCUT2D eigenvalue weighted by molar-refractivity contribution is 5.81. The van der Waals surface area contributed by atoms with E-state index in [0.29, 0.717) is 44.9 Å². The van der Waals surface area contributed by atoms with Crippen LogP contribution in [0.3, 0.4) is 0 Å². The fourth-order valence-corrected chi connectivity index (χ4v) is 4.27. The van der Waals surface area contributed by atoms with Crippen molar-refractivity contribution in [3.63, 3.8) is 0 Å². The Morgan fingerprint density at radius 2 is 1.90 bits per heavy atom. The maximum atomic E-state index is 13.0. The fourth-order valence-electron chi connectivity index (χ4n) is 4.27. The maximum absolute atomic E-state index is 13.0. The van der Waals surface area contributed by atoms with E-state index in [9.17, 15) is 19.1 Å². The van der Waals surface area contributed by atoms with E-state index in [1.807, 2.05) is 11.8 Å². The van der Waals surface area contributed by atoms with Crippen LogP contribution in [0.2, 0.25) is 0 Å². The standard InChI is InChI=1S/C21H30FN3O4/c1-2-29-14-20(28)25-13-18(26)11-21(15-25)7-9-24(10-8-21)19(27)12-23-17-5-3-16(22)4-6-17/h3-6,18,23,26H,2,7-15H2,1H3. The number of halogens is 1. The topological polar surface area (TPSA) is 82.1 Å². The third kappa shape index (κ3) is 5.67. The molecule has 1 aromatic rings.